The van der Waals surface area contributed by atoms with Gasteiger partial charge in [-0.05, 0) is 19.4 Å². The van der Waals surface area contributed by atoms with Crippen LogP contribution in [0.15, 0.2) is 12.1 Å². The number of hydrogen-bond acceptors (Lipinski definition) is 3. The minimum Gasteiger partial charge on any atom is -0.412 e. The SMILES string of the molecule is C.C=CCl.CCO[P+](=O)OCC.O. The average molecular weight is 234 g/mol. The van der Waals surface area contributed by atoms with Crippen molar-refractivity contribution < 1.29 is 19.1 Å². The Morgan fingerprint density at radius 2 is 1.62 bits per heavy atom. The molecule has 0 radical (unpaired) electrons. The van der Waals surface area contributed by atoms with Crippen LogP contribution in [0.2, 0.25) is 0 Å². The van der Waals surface area contributed by atoms with Gasteiger partial charge < -0.3 is 5.48 Å². The monoisotopic (exact) mass is 233 g/mol. The van der Waals surface area contributed by atoms with Gasteiger partial charge in [0.15, 0.2) is 0 Å². The van der Waals surface area contributed by atoms with Crippen molar-refractivity contribution in [1.82, 2.24) is 0 Å². The fourth-order valence-electron chi connectivity index (χ4n) is 0.248. The summed E-state index contributed by atoms with van der Waals surface area (Å²) in [5, 5.41) is 0. The zero-order valence-corrected chi connectivity index (χ0v) is 8.90. The van der Waals surface area contributed by atoms with Crippen LogP contribution >= 0.6 is 19.9 Å². The molecule has 0 aromatic carbocycles. The predicted molar refractivity (Wildman–Crippen MR) is 57.3 cm³/mol. The van der Waals surface area contributed by atoms with E-state index in [0.717, 1.165) is 0 Å². The molecule has 82 valence electrons. The zero-order chi connectivity index (χ0) is 9.11. The Hall–Kier alpha value is 0.01000. The minimum absolute atomic E-state index is 0. The maximum atomic E-state index is 10.3. The molecule has 0 aliphatic rings. The standard InChI is InChI=1S/C4H10O3P.C2H3Cl.CH4.H2O/c1-3-6-8(5)7-4-2;1-2-3;;/h3-4H2,1-2H3;2H,1H2;1H4;1H2/q+1;;;. The molecule has 0 aromatic heterocycles. The fraction of sp³-hybridized carbons (Fsp3) is 0.714. The predicted octanol–water partition coefficient (Wildman–Crippen LogP) is 2.90. The van der Waals surface area contributed by atoms with Crippen molar-refractivity contribution in [3.63, 3.8) is 0 Å². The molecule has 0 unspecified atom stereocenters. The largest absolute Gasteiger partial charge is 0.697 e. The molecular formula is C7H19ClO4P+. The van der Waals surface area contributed by atoms with Crippen LogP contribution in [-0.4, -0.2) is 18.7 Å². The van der Waals surface area contributed by atoms with Gasteiger partial charge in [0, 0.05) is 4.57 Å². The lowest BCUT2D eigenvalue weighted by molar-refractivity contribution is 0.243. The van der Waals surface area contributed by atoms with Gasteiger partial charge in [-0.2, -0.15) is 0 Å². The molecule has 13 heavy (non-hydrogen) atoms. The van der Waals surface area contributed by atoms with Crippen LogP contribution in [0.25, 0.3) is 0 Å². The summed E-state index contributed by atoms with van der Waals surface area (Å²) in [6.45, 7) is 7.55. The van der Waals surface area contributed by atoms with Gasteiger partial charge in [-0.25, -0.2) is 0 Å². The molecule has 0 fully saturated rings. The van der Waals surface area contributed by atoms with Crippen LogP contribution in [0.4, 0.5) is 0 Å². The first-order chi connectivity index (χ1) is 5.22. The van der Waals surface area contributed by atoms with Gasteiger partial charge in [0.1, 0.15) is 13.2 Å². The highest BCUT2D eigenvalue weighted by molar-refractivity contribution is 7.33. The Kier molecular flexibility index (Phi) is 40.3. The fourth-order valence-corrected chi connectivity index (χ4v) is 0.744. The molecule has 4 nitrogen and oxygen atoms in total. The lowest BCUT2D eigenvalue weighted by atomic mass is 10.9. The summed E-state index contributed by atoms with van der Waals surface area (Å²) < 4.78 is 19.5. The highest BCUT2D eigenvalue weighted by Crippen LogP contribution is 2.21. The smallest absolute Gasteiger partial charge is 0.412 e. The van der Waals surface area contributed by atoms with E-state index in [4.69, 9.17) is 11.6 Å². The van der Waals surface area contributed by atoms with E-state index in [1.165, 1.54) is 5.54 Å². The van der Waals surface area contributed by atoms with Gasteiger partial charge in [-0.15, -0.1) is 9.05 Å². The second-order valence-corrected chi connectivity index (χ2v) is 2.49. The maximum absolute atomic E-state index is 10.3. The van der Waals surface area contributed by atoms with E-state index in [0.29, 0.717) is 13.2 Å². The summed E-state index contributed by atoms with van der Waals surface area (Å²) in [4.78, 5) is 0. The Labute approximate surface area is 86.1 Å². The van der Waals surface area contributed by atoms with E-state index in [9.17, 15) is 4.57 Å². The van der Waals surface area contributed by atoms with Crippen molar-refractivity contribution in [1.29, 1.82) is 0 Å². The Morgan fingerprint density at radius 3 is 1.77 bits per heavy atom. The summed E-state index contributed by atoms with van der Waals surface area (Å²) in [5.41, 5.74) is 1.22. The van der Waals surface area contributed by atoms with E-state index >= 15 is 0 Å². The minimum atomic E-state index is -1.83. The molecule has 0 aliphatic carbocycles. The summed E-state index contributed by atoms with van der Waals surface area (Å²) in [7, 11) is -1.83. The molecule has 0 rings (SSSR count). The third kappa shape index (κ3) is 33.3. The van der Waals surface area contributed by atoms with Crippen molar-refractivity contribution in [3.05, 3.63) is 12.1 Å². The summed E-state index contributed by atoms with van der Waals surface area (Å²) in [5.74, 6) is 0. The first kappa shape index (κ1) is 23.1. The summed E-state index contributed by atoms with van der Waals surface area (Å²) >= 11 is 4.76. The molecule has 6 heteroatoms. The molecule has 0 atom stereocenters. The van der Waals surface area contributed by atoms with Crippen LogP contribution in [-0.2, 0) is 13.6 Å². The van der Waals surface area contributed by atoms with Gasteiger partial charge in [-0.1, -0.05) is 25.6 Å². The third-order valence-corrected chi connectivity index (χ3v) is 1.41. The van der Waals surface area contributed by atoms with Gasteiger partial charge in [0.2, 0.25) is 0 Å². The van der Waals surface area contributed by atoms with Gasteiger partial charge in [0.25, 0.3) is 0 Å². The average Bonchev–Trinajstić information content (AvgIpc) is 1.90. The Morgan fingerprint density at radius 1 is 1.38 bits per heavy atom. The molecule has 0 heterocycles. The van der Waals surface area contributed by atoms with Crippen LogP contribution < -0.4 is 0 Å². The molecule has 0 aromatic rings. The van der Waals surface area contributed by atoms with Crippen molar-refractivity contribution in [2.24, 2.45) is 0 Å². The first-order valence-electron chi connectivity index (χ1n) is 3.17. The number of hydrogen-bond donors (Lipinski definition) is 0. The van der Waals surface area contributed by atoms with E-state index < -0.39 is 8.25 Å². The highest BCUT2D eigenvalue weighted by atomic mass is 35.5. The molecule has 0 amide bonds. The third-order valence-electron chi connectivity index (χ3n) is 0.469. The second kappa shape index (κ2) is 22.7. The van der Waals surface area contributed by atoms with Crippen LogP contribution in [0.1, 0.15) is 21.3 Å². The lowest BCUT2D eigenvalue weighted by Crippen LogP contribution is -1.81. The highest BCUT2D eigenvalue weighted by Gasteiger charge is 2.15. The molecule has 0 saturated heterocycles. The van der Waals surface area contributed by atoms with E-state index in [-0.39, 0.29) is 12.9 Å². The Balaban J connectivity index is -0.0000000720. The van der Waals surface area contributed by atoms with Crippen molar-refractivity contribution in [2.75, 3.05) is 13.2 Å². The number of rotatable bonds is 4. The maximum Gasteiger partial charge on any atom is 0.697 e. The first-order valence-corrected chi connectivity index (χ1v) is 4.70. The van der Waals surface area contributed by atoms with Crippen molar-refractivity contribution in [3.8, 4) is 0 Å². The van der Waals surface area contributed by atoms with Crippen LogP contribution in [0, 0.1) is 0 Å². The van der Waals surface area contributed by atoms with Crippen molar-refractivity contribution in [2.45, 2.75) is 21.3 Å². The van der Waals surface area contributed by atoms with Gasteiger partial charge in [0.05, 0.1) is 0 Å². The molecule has 0 saturated carbocycles. The van der Waals surface area contributed by atoms with Gasteiger partial charge in [-0.3, -0.25) is 0 Å². The topological polar surface area (TPSA) is 67.0 Å². The molecule has 0 bridgehead atoms. The van der Waals surface area contributed by atoms with E-state index in [1.807, 2.05) is 0 Å². The van der Waals surface area contributed by atoms with Crippen LogP contribution in [0.5, 0.6) is 0 Å². The van der Waals surface area contributed by atoms with Crippen molar-refractivity contribution >= 4 is 19.9 Å². The Bertz CT molecular complexity index is 103. The molecule has 0 spiro atoms. The molecule has 0 aliphatic heterocycles. The number of halogens is 1. The summed E-state index contributed by atoms with van der Waals surface area (Å²) in [6, 6.07) is 0. The molecule has 2 N–H and O–H groups in total. The van der Waals surface area contributed by atoms with E-state index in [1.54, 1.807) is 13.8 Å². The van der Waals surface area contributed by atoms with E-state index in [2.05, 4.69) is 15.6 Å². The summed E-state index contributed by atoms with van der Waals surface area (Å²) in [6.07, 6.45) is 0. The quantitative estimate of drug-likeness (QED) is 0.701. The van der Waals surface area contributed by atoms with Crippen LogP contribution in [0.3, 0.4) is 0 Å². The lowest BCUT2D eigenvalue weighted by Gasteiger charge is -1.78. The van der Waals surface area contributed by atoms with Gasteiger partial charge >= 0.3 is 8.25 Å². The zero-order valence-electron chi connectivity index (χ0n) is 7.25. The molecular weight excluding hydrogens is 214 g/mol. The normalized spacial score (nSPS) is 6.69. The second-order valence-electron chi connectivity index (χ2n) is 1.21.